The second-order valence-corrected chi connectivity index (χ2v) is 8.28. The van der Waals surface area contributed by atoms with Gasteiger partial charge in [0, 0.05) is 22.8 Å². The van der Waals surface area contributed by atoms with Gasteiger partial charge in [0.1, 0.15) is 0 Å². The summed E-state index contributed by atoms with van der Waals surface area (Å²) in [7, 11) is 0. The first-order chi connectivity index (χ1) is 9.08. The van der Waals surface area contributed by atoms with Crippen molar-refractivity contribution in [3.8, 4) is 0 Å². The molecule has 2 fully saturated rings. The van der Waals surface area contributed by atoms with Crippen molar-refractivity contribution in [1.29, 1.82) is 0 Å². The van der Waals surface area contributed by atoms with Crippen LogP contribution in [0.1, 0.15) is 37.2 Å². The van der Waals surface area contributed by atoms with E-state index in [1.807, 2.05) is 23.5 Å². The number of hydrogen-bond acceptors (Lipinski definition) is 7. The van der Waals surface area contributed by atoms with E-state index >= 15 is 0 Å². The van der Waals surface area contributed by atoms with Crippen LogP contribution in [-0.2, 0) is 5.60 Å². The molecular weight excluding hydrogens is 282 g/mol. The molecule has 2 saturated heterocycles. The molecule has 2 N–H and O–H groups in total. The molecule has 106 valence electrons. The first-order valence-electron chi connectivity index (χ1n) is 6.63. The Balaban J connectivity index is 1.74. The Kier molecular flexibility index (Phi) is 3.81. The standard InChI is InChI=1S/C12H19N3O2S2/c1-7-8(2)19-9(5-18-7)10-14-11(17-15-10)12(16)3-4-13-6-12/h7-9,13,16H,3-6H2,1-2H3. The van der Waals surface area contributed by atoms with Gasteiger partial charge in [-0.1, -0.05) is 19.0 Å². The maximum atomic E-state index is 10.4. The molecule has 1 aromatic rings. The molecule has 2 aliphatic rings. The lowest BCUT2D eigenvalue weighted by atomic mass is 10.0. The van der Waals surface area contributed by atoms with Crippen molar-refractivity contribution in [3.05, 3.63) is 11.7 Å². The topological polar surface area (TPSA) is 71.2 Å². The number of aliphatic hydroxyl groups is 1. The Morgan fingerprint density at radius 1 is 1.42 bits per heavy atom. The molecular formula is C12H19N3O2S2. The van der Waals surface area contributed by atoms with Gasteiger partial charge in [0.2, 0.25) is 0 Å². The lowest BCUT2D eigenvalue weighted by Crippen LogP contribution is -2.29. The zero-order chi connectivity index (χ0) is 13.5. The van der Waals surface area contributed by atoms with Crippen LogP contribution >= 0.6 is 23.5 Å². The van der Waals surface area contributed by atoms with Crippen molar-refractivity contribution in [2.45, 2.75) is 41.6 Å². The van der Waals surface area contributed by atoms with Gasteiger partial charge in [0.05, 0.1) is 5.25 Å². The Morgan fingerprint density at radius 3 is 2.95 bits per heavy atom. The molecule has 3 heterocycles. The van der Waals surface area contributed by atoms with Crippen molar-refractivity contribution in [1.82, 2.24) is 15.5 Å². The van der Waals surface area contributed by atoms with Crippen LogP contribution in [0.5, 0.6) is 0 Å². The third-order valence-electron chi connectivity index (χ3n) is 3.81. The predicted octanol–water partition coefficient (Wildman–Crippen LogP) is 1.55. The summed E-state index contributed by atoms with van der Waals surface area (Å²) in [6, 6.07) is 0. The summed E-state index contributed by atoms with van der Waals surface area (Å²) in [6.45, 7) is 5.78. The highest BCUT2D eigenvalue weighted by Crippen LogP contribution is 2.43. The minimum Gasteiger partial charge on any atom is -0.379 e. The van der Waals surface area contributed by atoms with E-state index in [0.29, 0.717) is 29.4 Å². The van der Waals surface area contributed by atoms with Crippen LogP contribution in [0.4, 0.5) is 0 Å². The Bertz CT molecular complexity index is 448. The van der Waals surface area contributed by atoms with E-state index in [1.54, 1.807) is 0 Å². The number of aromatic nitrogens is 2. The van der Waals surface area contributed by atoms with Gasteiger partial charge in [-0.25, -0.2) is 0 Å². The molecule has 7 heteroatoms. The largest absolute Gasteiger partial charge is 0.379 e. The number of thioether (sulfide) groups is 2. The van der Waals surface area contributed by atoms with E-state index in [-0.39, 0.29) is 5.25 Å². The quantitative estimate of drug-likeness (QED) is 0.858. The SMILES string of the molecule is CC1SCC(c2noc(C3(O)CCNC3)n2)SC1C. The molecule has 4 unspecified atom stereocenters. The van der Waals surface area contributed by atoms with Crippen LogP contribution in [0.15, 0.2) is 4.52 Å². The van der Waals surface area contributed by atoms with Crippen LogP contribution in [-0.4, -0.2) is 44.6 Å². The summed E-state index contributed by atoms with van der Waals surface area (Å²) in [5.74, 6) is 2.10. The summed E-state index contributed by atoms with van der Waals surface area (Å²) >= 11 is 3.85. The lowest BCUT2D eigenvalue weighted by Gasteiger charge is -2.29. The fourth-order valence-electron chi connectivity index (χ4n) is 2.34. The number of nitrogens with zero attached hydrogens (tertiary/aromatic N) is 2. The highest BCUT2D eigenvalue weighted by Gasteiger charge is 2.40. The highest BCUT2D eigenvalue weighted by atomic mass is 32.2. The molecule has 2 aliphatic heterocycles. The molecule has 0 bridgehead atoms. The van der Waals surface area contributed by atoms with E-state index in [4.69, 9.17) is 4.52 Å². The normalized spacial score (nSPS) is 39.6. The minimum absolute atomic E-state index is 0.270. The molecule has 0 aliphatic carbocycles. The van der Waals surface area contributed by atoms with Crippen LogP contribution in [0.25, 0.3) is 0 Å². The van der Waals surface area contributed by atoms with Gasteiger partial charge in [-0.15, -0.1) is 11.8 Å². The van der Waals surface area contributed by atoms with Crippen LogP contribution in [0, 0.1) is 0 Å². The Morgan fingerprint density at radius 2 is 2.26 bits per heavy atom. The Labute approximate surface area is 121 Å². The van der Waals surface area contributed by atoms with Crippen molar-refractivity contribution in [2.24, 2.45) is 0 Å². The number of nitrogens with one attached hydrogen (secondary N) is 1. The van der Waals surface area contributed by atoms with Gasteiger partial charge in [-0.2, -0.15) is 16.7 Å². The molecule has 5 nitrogen and oxygen atoms in total. The second kappa shape index (κ2) is 5.27. The van der Waals surface area contributed by atoms with E-state index in [2.05, 4.69) is 29.3 Å². The molecule has 3 rings (SSSR count). The molecule has 1 aromatic heterocycles. The van der Waals surface area contributed by atoms with E-state index < -0.39 is 5.60 Å². The maximum Gasteiger partial charge on any atom is 0.260 e. The zero-order valence-electron chi connectivity index (χ0n) is 11.1. The van der Waals surface area contributed by atoms with E-state index in [9.17, 15) is 5.11 Å². The van der Waals surface area contributed by atoms with E-state index in [1.165, 1.54) is 0 Å². The average molecular weight is 301 g/mol. The molecule has 0 amide bonds. The molecule has 4 atom stereocenters. The summed E-state index contributed by atoms with van der Waals surface area (Å²) in [6.07, 6.45) is 0.634. The summed E-state index contributed by atoms with van der Waals surface area (Å²) in [5.41, 5.74) is -0.976. The van der Waals surface area contributed by atoms with Gasteiger partial charge in [-0.3, -0.25) is 0 Å². The van der Waals surface area contributed by atoms with Crippen LogP contribution in [0.2, 0.25) is 0 Å². The molecule has 0 saturated carbocycles. The maximum absolute atomic E-state index is 10.4. The summed E-state index contributed by atoms with van der Waals surface area (Å²) < 4.78 is 5.29. The fourth-order valence-corrected chi connectivity index (χ4v) is 5.17. The molecule has 0 radical (unpaired) electrons. The van der Waals surface area contributed by atoms with Crippen molar-refractivity contribution in [3.63, 3.8) is 0 Å². The zero-order valence-corrected chi connectivity index (χ0v) is 12.8. The van der Waals surface area contributed by atoms with E-state index in [0.717, 1.165) is 18.1 Å². The molecule has 0 aromatic carbocycles. The molecule has 19 heavy (non-hydrogen) atoms. The van der Waals surface area contributed by atoms with Crippen LogP contribution < -0.4 is 5.32 Å². The smallest absolute Gasteiger partial charge is 0.260 e. The third kappa shape index (κ3) is 2.66. The first-order valence-corrected chi connectivity index (χ1v) is 8.62. The highest BCUT2D eigenvalue weighted by molar-refractivity contribution is 8.07. The van der Waals surface area contributed by atoms with Gasteiger partial charge in [0.25, 0.3) is 5.89 Å². The van der Waals surface area contributed by atoms with Crippen molar-refractivity contribution < 1.29 is 9.63 Å². The fraction of sp³-hybridized carbons (Fsp3) is 0.833. The minimum atomic E-state index is -0.976. The predicted molar refractivity (Wildman–Crippen MR) is 77.4 cm³/mol. The van der Waals surface area contributed by atoms with Gasteiger partial charge in [0.15, 0.2) is 11.4 Å². The number of rotatable bonds is 2. The van der Waals surface area contributed by atoms with Gasteiger partial charge >= 0.3 is 0 Å². The summed E-state index contributed by atoms with van der Waals surface area (Å²) in [4.78, 5) is 4.45. The first kappa shape index (κ1) is 13.7. The third-order valence-corrected chi connectivity index (χ3v) is 7.20. The Hall–Kier alpha value is -0.240. The number of β-amino-alcohol motifs (C(OH)–C–C–N with tert-alkyl or cyclic N) is 1. The van der Waals surface area contributed by atoms with Crippen molar-refractivity contribution in [2.75, 3.05) is 18.8 Å². The van der Waals surface area contributed by atoms with Gasteiger partial charge < -0.3 is 14.9 Å². The van der Waals surface area contributed by atoms with Crippen molar-refractivity contribution >= 4 is 23.5 Å². The van der Waals surface area contributed by atoms with Gasteiger partial charge in [-0.05, 0) is 13.0 Å². The summed E-state index contributed by atoms with van der Waals surface area (Å²) in [5, 5.41) is 19.1. The lowest BCUT2D eigenvalue weighted by molar-refractivity contribution is 0.0243. The average Bonchev–Trinajstić information content (AvgIpc) is 3.02. The second-order valence-electron chi connectivity index (χ2n) is 5.28. The van der Waals surface area contributed by atoms with Crippen LogP contribution in [0.3, 0.4) is 0 Å². The molecule has 0 spiro atoms. The monoisotopic (exact) mass is 301 g/mol. The number of hydrogen-bond donors (Lipinski definition) is 2.